The number of nitrogens with zero attached hydrogens (tertiary/aromatic N) is 5. The summed E-state index contributed by atoms with van der Waals surface area (Å²) < 4.78 is 43.5. The standard InChI is InChI=1S/C20H18F3N5O2/c1-12-9-10-14(21)17(11-12)26(13-5-2-3-6-13)19(29)28-20(30)27(24-25-28)18-15(22)7-4-8-16(18)23/h4,7-11,13H,2-3,5-6H2,1H3. The van der Waals surface area contributed by atoms with E-state index in [0.717, 1.165) is 36.6 Å². The number of aromatic nitrogens is 4. The second-order valence-electron chi connectivity index (χ2n) is 7.20. The van der Waals surface area contributed by atoms with Gasteiger partial charge in [0.25, 0.3) is 0 Å². The molecule has 2 aromatic carbocycles. The molecule has 0 atom stereocenters. The van der Waals surface area contributed by atoms with Crippen LogP contribution in [0, 0.1) is 24.4 Å². The highest BCUT2D eigenvalue weighted by Gasteiger charge is 2.33. The van der Waals surface area contributed by atoms with Crippen LogP contribution in [0.2, 0.25) is 0 Å². The highest BCUT2D eigenvalue weighted by atomic mass is 19.1. The summed E-state index contributed by atoms with van der Waals surface area (Å²) in [6.45, 7) is 1.75. The molecular weight excluding hydrogens is 399 g/mol. The number of anilines is 1. The van der Waals surface area contributed by atoms with Gasteiger partial charge in [0.05, 0.1) is 5.69 Å². The number of carbonyl (C=O) groups excluding carboxylic acids is 1. The molecule has 1 aromatic heterocycles. The molecule has 1 aliphatic carbocycles. The number of hydrogen-bond acceptors (Lipinski definition) is 4. The fourth-order valence-corrected chi connectivity index (χ4v) is 3.73. The van der Waals surface area contributed by atoms with Crippen LogP contribution in [0.15, 0.2) is 41.2 Å². The largest absolute Gasteiger partial charge is 0.377 e. The van der Waals surface area contributed by atoms with E-state index in [4.69, 9.17) is 0 Å². The highest BCUT2D eigenvalue weighted by molar-refractivity contribution is 5.93. The van der Waals surface area contributed by atoms with Crippen molar-refractivity contribution in [3.05, 3.63) is 69.9 Å². The number of halogens is 3. The molecule has 0 N–H and O–H groups in total. The average molecular weight is 417 g/mol. The molecule has 0 radical (unpaired) electrons. The van der Waals surface area contributed by atoms with Gasteiger partial charge in [0, 0.05) is 6.04 Å². The number of carbonyl (C=O) groups is 1. The topological polar surface area (TPSA) is 73.0 Å². The van der Waals surface area contributed by atoms with Gasteiger partial charge in [0.2, 0.25) is 0 Å². The first-order valence-electron chi connectivity index (χ1n) is 9.47. The lowest BCUT2D eigenvalue weighted by Gasteiger charge is -2.28. The summed E-state index contributed by atoms with van der Waals surface area (Å²) in [6, 6.07) is 6.11. The second kappa shape index (κ2) is 7.77. The molecule has 0 aliphatic heterocycles. The van der Waals surface area contributed by atoms with Crippen molar-refractivity contribution in [3.63, 3.8) is 0 Å². The van der Waals surface area contributed by atoms with Crippen LogP contribution in [-0.2, 0) is 0 Å². The Morgan fingerprint density at radius 3 is 2.37 bits per heavy atom. The van der Waals surface area contributed by atoms with Crippen molar-refractivity contribution in [2.45, 2.75) is 38.6 Å². The number of amides is 1. The van der Waals surface area contributed by atoms with E-state index in [2.05, 4.69) is 10.4 Å². The lowest BCUT2D eigenvalue weighted by atomic mass is 10.1. The van der Waals surface area contributed by atoms with Gasteiger partial charge in [-0.2, -0.15) is 4.68 Å². The van der Waals surface area contributed by atoms with E-state index < -0.39 is 34.9 Å². The van der Waals surface area contributed by atoms with Crippen LogP contribution >= 0.6 is 0 Å². The Balaban J connectivity index is 1.81. The third-order valence-corrected chi connectivity index (χ3v) is 5.17. The molecule has 0 bridgehead atoms. The molecule has 1 fully saturated rings. The Bertz CT molecular complexity index is 1150. The zero-order valence-electron chi connectivity index (χ0n) is 16.1. The third-order valence-electron chi connectivity index (χ3n) is 5.17. The third kappa shape index (κ3) is 3.38. The van der Waals surface area contributed by atoms with Gasteiger partial charge in [-0.05, 0) is 60.0 Å². The number of aryl methyl sites for hydroxylation is 1. The van der Waals surface area contributed by atoms with E-state index in [1.807, 2.05) is 0 Å². The fraction of sp³-hybridized carbons (Fsp3) is 0.300. The van der Waals surface area contributed by atoms with E-state index in [-0.39, 0.29) is 11.7 Å². The molecule has 0 saturated heterocycles. The van der Waals surface area contributed by atoms with Crippen molar-refractivity contribution < 1.29 is 18.0 Å². The summed E-state index contributed by atoms with van der Waals surface area (Å²) in [4.78, 5) is 27.2. The van der Waals surface area contributed by atoms with Crippen molar-refractivity contribution in [2.75, 3.05) is 4.90 Å². The van der Waals surface area contributed by atoms with Gasteiger partial charge in [0.1, 0.15) is 11.5 Å². The first kappa shape index (κ1) is 19.9. The molecule has 0 unspecified atom stereocenters. The molecule has 1 aliphatic rings. The van der Waals surface area contributed by atoms with E-state index in [1.165, 1.54) is 17.0 Å². The number of tetrazole rings is 1. The Morgan fingerprint density at radius 1 is 1.03 bits per heavy atom. The minimum atomic E-state index is -1.15. The van der Waals surface area contributed by atoms with Crippen LogP contribution in [0.3, 0.4) is 0 Å². The van der Waals surface area contributed by atoms with Gasteiger partial charge < -0.3 is 0 Å². The number of benzene rings is 2. The van der Waals surface area contributed by atoms with E-state index in [9.17, 15) is 22.8 Å². The first-order chi connectivity index (χ1) is 14.4. The summed E-state index contributed by atoms with van der Waals surface area (Å²) in [7, 11) is 0. The summed E-state index contributed by atoms with van der Waals surface area (Å²) in [5.74, 6) is -2.69. The molecule has 3 aromatic rings. The van der Waals surface area contributed by atoms with Gasteiger partial charge in [-0.15, -0.1) is 4.68 Å². The monoisotopic (exact) mass is 417 g/mol. The average Bonchev–Trinajstić information content (AvgIpc) is 3.35. The smallest absolute Gasteiger partial charge is 0.286 e. The molecule has 1 heterocycles. The Kier molecular flexibility index (Phi) is 5.15. The lowest BCUT2D eigenvalue weighted by Crippen LogP contribution is -2.46. The van der Waals surface area contributed by atoms with Crippen LogP contribution in [0.5, 0.6) is 0 Å². The molecule has 156 valence electrons. The van der Waals surface area contributed by atoms with Gasteiger partial charge in [-0.1, -0.05) is 25.0 Å². The zero-order chi connectivity index (χ0) is 21.4. The Labute approximate surface area is 169 Å². The van der Waals surface area contributed by atoms with Crippen LogP contribution in [-0.4, -0.2) is 31.9 Å². The van der Waals surface area contributed by atoms with E-state index in [1.54, 1.807) is 13.0 Å². The van der Waals surface area contributed by atoms with Crippen LogP contribution < -0.4 is 10.6 Å². The molecule has 7 nitrogen and oxygen atoms in total. The van der Waals surface area contributed by atoms with Crippen LogP contribution in [0.1, 0.15) is 31.2 Å². The van der Waals surface area contributed by atoms with Crippen molar-refractivity contribution >= 4 is 11.7 Å². The minimum absolute atomic E-state index is 0.0189. The van der Waals surface area contributed by atoms with Gasteiger partial charge in [-0.3, -0.25) is 4.90 Å². The first-order valence-corrected chi connectivity index (χ1v) is 9.47. The zero-order valence-corrected chi connectivity index (χ0v) is 16.1. The summed E-state index contributed by atoms with van der Waals surface area (Å²) in [6.07, 6.45) is 2.96. The molecule has 30 heavy (non-hydrogen) atoms. The second-order valence-corrected chi connectivity index (χ2v) is 7.20. The minimum Gasteiger partial charge on any atom is -0.286 e. The normalized spacial score (nSPS) is 14.3. The predicted octanol–water partition coefficient (Wildman–Crippen LogP) is 3.57. The van der Waals surface area contributed by atoms with Crippen molar-refractivity contribution in [1.82, 2.24) is 19.8 Å². The molecule has 0 spiro atoms. The van der Waals surface area contributed by atoms with E-state index >= 15 is 0 Å². The Morgan fingerprint density at radius 2 is 1.70 bits per heavy atom. The van der Waals surface area contributed by atoms with Crippen molar-refractivity contribution in [1.29, 1.82) is 0 Å². The summed E-state index contributed by atoms with van der Waals surface area (Å²) in [5, 5.41) is 6.98. The van der Waals surface area contributed by atoms with Crippen LogP contribution in [0.25, 0.3) is 5.69 Å². The van der Waals surface area contributed by atoms with Gasteiger partial charge in [-0.25, -0.2) is 22.8 Å². The van der Waals surface area contributed by atoms with Crippen molar-refractivity contribution in [3.8, 4) is 5.69 Å². The quantitative estimate of drug-likeness (QED) is 0.611. The highest BCUT2D eigenvalue weighted by Crippen LogP contribution is 2.31. The van der Waals surface area contributed by atoms with Gasteiger partial charge >= 0.3 is 11.7 Å². The molecule has 10 heteroatoms. The van der Waals surface area contributed by atoms with Crippen LogP contribution in [0.4, 0.5) is 23.7 Å². The van der Waals surface area contributed by atoms with Gasteiger partial charge in [0.15, 0.2) is 11.6 Å². The van der Waals surface area contributed by atoms with Crippen molar-refractivity contribution in [2.24, 2.45) is 0 Å². The lowest BCUT2D eigenvalue weighted by molar-refractivity contribution is 0.241. The molecule has 1 saturated carbocycles. The Hall–Kier alpha value is -3.43. The SMILES string of the molecule is Cc1ccc(F)c(N(C(=O)n2nnn(-c3c(F)cccc3F)c2=O)C2CCCC2)c1. The molecular formula is C20H18F3N5O2. The summed E-state index contributed by atoms with van der Waals surface area (Å²) >= 11 is 0. The maximum absolute atomic E-state index is 14.6. The number of hydrogen-bond donors (Lipinski definition) is 0. The molecule has 1 amide bonds. The molecule has 4 rings (SSSR count). The summed E-state index contributed by atoms with van der Waals surface area (Å²) in [5.41, 5.74) is -1.15. The number of rotatable bonds is 3. The number of para-hydroxylation sites is 1. The fourth-order valence-electron chi connectivity index (χ4n) is 3.73. The predicted molar refractivity (Wildman–Crippen MR) is 102 cm³/mol. The van der Waals surface area contributed by atoms with E-state index in [0.29, 0.717) is 22.2 Å². The maximum atomic E-state index is 14.6. The maximum Gasteiger partial charge on any atom is 0.377 e.